The highest BCUT2D eigenvalue weighted by Gasteiger charge is 2.16. The van der Waals surface area contributed by atoms with Crippen LogP contribution in [0.5, 0.6) is 0 Å². The highest BCUT2D eigenvalue weighted by atomic mass is 32.1. The van der Waals surface area contributed by atoms with Gasteiger partial charge in [0.2, 0.25) is 0 Å². The molecule has 6 heteroatoms. The average molecular weight is 310 g/mol. The average Bonchev–Trinajstić information content (AvgIpc) is 2.95. The third kappa shape index (κ3) is 3.93. The van der Waals surface area contributed by atoms with Gasteiger partial charge in [-0.1, -0.05) is 26.7 Å². The maximum atomic E-state index is 5.98. The normalized spacial score (nSPS) is 11.2. The Labute approximate surface area is 128 Å². The predicted octanol–water partition coefficient (Wildman–Crippen LogP) is 4.40. The molecular weight excluding hydrogens is 288 g/mol. The Balaban J connectivity index is 1.96. The molecule has 3 N–H and O–H groups in total. The molecule has 2 aromatic heterocycles. The summed E-state index contributed by atoms with van der Waals surface area (Å²) in [7, 11) is 0. The topological polar surface area (TPSA) is 63.8 Å². The zero-order chi connectivity index (χ0) is 14.5. The quantitative estimate of drug-likeness (QED) is 0.744. The Kier molecular flexibility index (Phi) is 5.37. The van der Waals surface area contributed by atoms with E-state index in [2.05, 4.69) is 28.5 Å². The van der Waals surface area contributed by atoms with Crippen molar-refractivity contribution in [2.75, 3.05) is 17.6 Å². The van der Waals surface area contributed by atoms with E-state index in [-0.39, 0.29) is 0 Å². The molecule has 20 heavy (non-hydrogen) atoms. The van der Waals surface area contributed by atoms with Crippen molar-refractivity contribution in [3.63, 3.8) is 0 Å². The van der Waals surface area contributed by atoms with E-state index in [0.29, 0.717) is 5.82 Å². The molecule has 0 atom stereocenters. The highest BCUT2D eigenvalue weighted by molar-refractivity contribution is 7.15. The van der Waals surface area contributed by atoms with Crippen molar-refractivity contribution in [3.8, 4) is 10.6 Å². The molecule has 0 unspecified atom stereocenters. The van der Waals surface area contributed by atoms with Gasteiger partial charge in [-0.3, -0.25) is 0 Å². The standard InChI is InChI=1S/C14H22N4S2/c1-9(2)6-4-5-7-16-13-11(12(15)18-20-13)14-17-10(3)8-19-14/h8-9,16H,4-7H2,1-3H3,(H2,15,18). The van der Waals surface area contributed by atoms with E-state index in [0.717, 1.165) is 33.7 Å². The second-order valence-corrected chi connectivity index (χ2v) is 7.01. The maximum Gasteiger partial charge on any atom is 0.149 e. The summed E-state index contributed by atoms with van der Waals surface area (Å²) >= 11 is 3.04. The number of aromatic nitrogens is 2. The molecule has 0 saturated carbocycles. The van der Waals surface area contributed by atoms with Gasteiger partial charge in [-0.25, -0.2) is 4.98 Å². The number of aryl methyl sites for hydroxylation is 1. The number of unbranched alkanes of at least 4 members (excludes halogenated alkanes) is 1. The summed E-state index contributed by atoms with van der Waals surface area (Å²) in [5.41, 5.74) is 7.97. The minimum atomic E-state index is 0.578. The van der Waals surface area contributed by atoms with Gasteiger partial charge in [0.15, 0.2) is 0 Å². The molecule has 0 aliphatic heterocycles. The molecule has 0 spiro atoms. The van der Waals surface area contributed by atoms with Crippen molar-refractivity contribution < 1.29 is 0 Å². The lowest BCUT2D eigenvalue weighted by atomic mass is 10.1. The van der Waals surface area contributed by atoms with Crippen molar-refractivity contribution in [2.45, 2.75) is 40.0 Å². The Morgan fingerprint density at radius 1 is 1.35 bits per heavy atom. The SMILES string of the molecule is Cc1csc(-c2c(N)nsc2NCCCCC(C)C)n1. The summed E-state index contributed by atoms with van der Waals surface area (Å²) in [6.07, 6.45) is 3.71. The molecule has 0 aliphatic rings. The zero-order valence-electron chi connectivity index (χ0n) is 12.3. The third-order valence-electron chi connectivity index (χ3n) is 3.05. The number of nitrogens with one attached hydrogen (secondary N) is 1. The Morgan fingerprint density at radius 2 is 2.15 bits per heavy atom. The molecule has 0 fully saturated rings. The van der Waals surface area contributed by atoms with E-state index in [1.807, 2.05) is 12.3 Å². The van der Waals surface area contributed by atoms with Crippen LogP contribution in [0.15, 0.2) is 5.38 Å². The van der Waals surface area contributed by atoms with Gasteiger partial charge in [0.05, 0.1) is 5.56 Å². The smallest absolute Gasteiger partial charge is 0.149 e. The summed E-state index contributed by atoms with van der Waals surface area (Å²) in [4.78, 5) is 4.51. The molecule has 0 amide bonds. The van der Waals surface area contributed by atoms with Crippen molar-refractivity contribution >= 4 is 33.7 Å². The first-order chi connectivity index (χ1) is 9.58. The van der Waals surface area contributed by atoms with Gasteiger partial charge >= 0.3 is 0 Å². The molecule has 0 saturated heterocycles. The maximum absolute atomic E-state index is 5.98. The van der Waals surface area contributed by atoms with Gasteiger partial charge in [-0.05, 0) is 30.8 Å². The number of rotatable bonds is 7. The number of hydrogen-bond acceptors (Lipinski definition) is 6. The largest absolute Gasteiger partial charge is 0.382 e. The van der Waals surface area contributed by atoms with Gasteiger partial charge in [-0.15, -0.1) is 11.3 Å². The molecule has 0 aliphatic carbocycles. The molecule has 4 nitrogen and oxygen atoms in total. The van der Waals surface area contributed by atoms with Gasteiger partial charge in [0.25, 0.3) is 0 Å². The molecular formula is C14H22N4S2. The minimum Gasteiger partial charge on any atom is -0.382 e. The third-order valence-corrected chi connectivity index (χ3v) is 4.84. The number of nitrogens with two attached hydrogens (primary N) is 1. The summed E-state index contributed by atoms with van der Waals surface area (Å²) in [6.45, 7) is 7.49. The summed E-state index contributed by atoms with van der Waals surface area (Å²) in [6, 6.07) is 0. The second-order valence-electron chi connectivity index (χ2n) is 5.38. The Hall–Kier alpha value is -1.14. The summed E-state index contributed by atoms with van der Waals surface area (Å²) in [5.74, 6) is 1.36. The number of thiazole rings is 1. The monoisotopic (exact) mass is 310 g/mol. The zero-order valence-corrected chi connectivity index (χ0v) is 13.9. The number of nitrogens with zero attached hydrogens (tertiary/aromatic N) is 2. The van der Waals surface area contributed by atoms with Crippen molar-refractivity contribution in [3.05, 3.63) is 11.1 Å². The lowest BCUT2D eigenvalue weighted by Crippen LogP contribution is -2.02. The van der Waals surface area contributed by atoms with E-state index in [1.54, 1.807) is 11.3 Å². The highest BCUT2D eigenvalue weighted by Crippen LogP contribution is 2.38. The second kappa shape index (κ2) is 7.04. The number of hydrogen-bond donors (Lipinski definition) is 2. The van der Waals surface area contributed by atoms with Crippen LogP contribution in [0.1, 0.15) is 38.8 Å². The lowest BCUT2D eigenvalue weighted by Gasteiger charge is -2.07. The van der Waals surface area contributed by atoms with Crippen LogP contribution < -0.4 is 11.1 Å². The van der Waals surface area contributed by atoms with E-state index in [9.17, 15) is 0 Å². The van der Waals surface area contributed by atoms with Crippen molar-refractivity contribution in [2.24, 2.45) is 5.92 Å². The molecule has 110 valence electrons. The van der Waals surface area contributed by atoms with Crippen LogP contribution in [0.2, 0.25) is 0 Å². The van der Waals surface area contributed by atoms with E-state index in [4.69, 9.17) is 5.73 Å². The fraction of sp³-hybridized carbons (Fsp3) is 0.571. The van der Waals surface area contributed by atoms with Crippen LogP contribution in [0.4, 0.5) is 10.8 Å². The Bertz CT molecular complexity index is 545. The van der Waals surface area contributed by atoms with Crippen LogP contribution in [0, 0.1) is 12.8 Å². The van der Waals surface area contributed by atoms with E-state index in [1.165, 1.54) is 30.8 Å². The van der Waals surface area contributed by atoms with Crippen LogP contribution in [0.3, 0.4) is 0 Å². The number of anilines is 2. The van der Waals surface area contributed by atoms with Crippen LogP contribution >= 0.6 is 22.9 Å². The molecule has 0 bridgehead atoms. The summed E-state index contributed by atoms with van der Waals surface area (Å²) in [5, 5.41) is 7.50. The van der Waals surface area contributed by atoms with E-state index >= 15 is 0 Å². The fourth-order valence-electron chi connectivity index (χ4n) is 1.98. The van der Waals surface area contributed by atoms with Crippen LogP contribution in [0.25, 0.3) is 10.6 Å². The lowest BCUT2D eigenvalue weighted by molar-refractivity contribution is 0.545. The first kappa shape index (κ1) is 15.3. The van der Waals surface area contributed by atoms with Crippen LogP contribution in [-0.4, -0.2) is 15.9 Å². The first-order valence-electron chi connectivity index (χ1n) is 6.99. The molecule has 2 aromatic rings. The molecule has 2 rings (SSSR count). The molecule has 2 heterocycles. The van der Waals surface area contributed by atoms with Crippen molar-refractivity contribution in [1.29, 1.82) is 0 Å². The van der Waals surface area contributed by atoms with Gasteiger partial charge in [-0.2, -0.15) is 4.37 Å². The van der Waals surface area contributed by atoms with E-state index < -0.39 is 0 Å². The van der Waals surface area contributed by atoms with Gasteiger partial charge in [0.1, 0.15) is 15.8 Å². The predicted molar refractivity (Wildman–Crippen MR) is 89.6 cm³/mol. The molecule has 0 aromatic carbocycles. The van der Waals surface area contributed by atoms with Gasteiger partial charge in [0, 0.05) is 17.6 Å². The Morgan fingerprint density at radius 3 is 2.80 bits per heavy atom. The fourth-order valence-corrected chi connectivity index (χ4v) is 3.64. The first-order valence-corrected chi connectivity index (χ1v) is 8.64. The van der Waals surface area contributed by atoms with Crippen molar-refractivity contribution in [1.82, 2.24) is 9.36 Å². The molecule has 0 radical (unpaired) electrons. The minimum absolute atomic E-state index is 0.578. The van der Waals surface area contributed by atoms with Crippen LogP contribution in [-0.2, 0) is 0 Å². The van der Waals surface area contributed by atoms with Gasteiger partial charge < -0.3 is 11.1 Å². The summed E-state index contributed by atoms with van der Waals surface area (Å²) < 4.78 is 4.25. The number of nitrogen functional groups attached to an aromatic ring is 1.